The van der Waals surface area contributed by atoms with Gasteiger partial charge in [0.1, 0.15) is 5.82 Å². The minimum absolute atomic E-state index is 0.1000. The molecule has 6 heteroatoms. The van der Waals surface area contributed by atoms with Crippen LogP contribution in [0.2, 0.25) is 5.02 Å². The molecule has 0 radical (unpaired) electrons. The van der Waals surface area contributed by atoms with Crippen molar-refractivity contribution in [2.45, 2.75) is 12.2 Å². The second kappa shape index (κ2) is 5.61. The summed E-state index contributed by atoms with van der Waals surface area (Å²) >= 11 is 5.72. The highest BCUT2D eigenvalue weighted by atomic mass is 35.5. The maximum Gasteiger partial charge on any atom is 0.154 e. The Balaban J connectivity index is 2.80. The number of aliphatic hydroxyl groups is 1. The predicted octanol–water partition coefficient (Wildman–Crippen LogP) is 1.78. The minimum atomic E-state index is -3.30. The van der Waals surface area contributed by atoms with Crippen LogP contribution in [-0.2, 0) is 15.6 Å². The molecule has 0 aliphatic rings. The van der Waals surface area contributed by atoms with Crippen LogP contribution < -0.4 is 0 Å². The van der Waals surface area contributed by atoms with E-state index in [9.17, 15) is 12.8 Å². The molecule has 1 aromatic carbocycles. The summed E-state index contributed by atoms with van der Waals surface area (Å²) in [4.78, 5) is 0. The van der Waals surface area contributed by atoms with E-state index in [0.717, 1.165) is 6.07 Å². The lowest BCUT2D eigenvalue weighted by molar-refractivity contribution is 0.295. The zero-order valence-corrected chi connectivity index (χ0v) is 10.1. The van der Waals surface area contributed by atoms with Crippen molar-refractivity contribution in [2.75, 3.05) is 12.4 Å². The molecule has 0 fully saturated rings. The second-order valence-corrected chi connectivity index (χ2v) is 6.00. The summed E-state index contributed by atoms with van der Waals surface area (Å²) in [6.45, 7) is -0.170. The van der Waals surface area contributed by atoms with Crippen LogP contribution in [0.3, 0.4) is 0 Å². The van der Waals surface area contributed by atoms with Crippen molar-refractivity contribution in [3.8, 4) is 0 Å². The lowest BCUT2D eigenvalue weighted by atomic mass is 10.2. The molecule has 0 atom stereocenters. The number of hydrogen-bond donors (Lipinski definition) is 1. The van der Waals surface area contributed by atoms with E-state index in [1.165, 1.54) is 12.1 Å². The molecule has 0 unspecified atom stereocenters. The van der Waals surface area contributed by atoms with Crippen molar-refractivity contribution in [3.63, 3.8) is 0 Å². The normalized spacial score (nSPS) is 11.7. The summed E-state index contributed by atoms with van der Waals surface area (Å²) < 4.78 is 35.8. The van der Waals surface area contributed by atoms with Crippen LogP contribution in [0.1, 0.15) is 12.0 Å². The Labute approximate surface area is 98.8 Å². The van der Waals surface area contributed by atoms with E-state index in [0.29, 0.717) is 5.56 Å². The third-order valence-electron chi connectivity index (χ3n) is 2.00. The Bertz CT molecular complexity index is 459. The van der Waals surface area contributed by atoms with Crippen LogP contribution in [0.15, 0.2) is 18.2 Å². The molecule has 0 saturated heterocycles. The van der Waals surface area contributed by atoms with Gasteiger partial charge in [-0.25, -0.2) is 12.8 Å². The van der Waals surface area contributed by atoms with Gasteiger partial charge in [-0.05, 0) is 24.1 Å². The summed E-state index contributed by atoms with van der Waals surface area (Å²) in [6, 6.07) is 3.61. The first kappa shape index (κ1) is 13.4. The Morgan fingerprint density at radius 3 is 2.62 bits per heavy atom. The quantitative estimate of drug-likeness (QED) is 0.884. The highest BCUT2D eigenvalue weighted by Gasteiger charge is 2.14. The molecular formula is C10H12ClFO3S. The lowest BCUT2D eigenvalue weighted by Crippen LogP contribution is -2.11. The molecule has 0 spiro atoms. The lowest BCUT2D eigenvalue weighted by Gasteiger charge is -2.05. The second-order valence-electron chi connectivity index (χ2n) is 3.40. The maximum absolute atomic E-state index is 12.7. The maximum atomic E-state index is 12.7. The molecule has 0 saturated carbocycles. The van der Waals surface area contributed by atoms with E-state index in [1.807, 2.05) is 0 Å². The summed E-state index contributed by atoms with van der Waals surface area (Å²) in [7, 11) is -3.30. The number of rotatable bonds is 5. The highest BCUT2D eigenvalue weighted by Crippen LogP contribution is 2.20. The average molecular weight is 267 g/mol. The fourth-order valence-corrected chi connectivity index (χ4v) is 2.98. The fourth-order valence-electron chi connectivity index (χ4n) is 1.23. The van der Waals surface area contributed by atoms with Crippen molar-refractivity contribution >= 4 is 21.4 Å². The van der Waals surface area contributed by atoms with Gasteiger partial charge in [-0.2, -0.15) is 0 Å². The van der Waals surface area contributed by atoms with E-state index in [1.54, 1.807) is 0 Å². The number of sulfone groups is 1. The van der Waals surface area contributed by atoms with Gasteiger partial charge in [0.15, 0.2) is 9.84 Å². The Kier molecular flexibility index (Phi) is 4.70. The van der Waals surface area contributed by atoms with Crippen molar-refractivity contribution < 1.29 is 17.9 Å². The molecule has 0 aliphatic carbocycles. The van der Waals surface area contributed by atoms with Crippen molar-refractivity contribution in [1.29, 1.82) is 0 Å². The first-order valence-electron chi connectivity index (χ1n) is 4.70. The van der Waals surface area contributed by atoms with Gasteiger partial charge >= 0.3 is 0 Å². The molecule has 0 aliphatic heterocycles. The molecular weight excluding hydrogens is 255 g/mol. The molecule has 1 rings (SSSR count). The van der Waals surface area contributed by atoms with Gasteiger partial charge in [0.2, 0.25) is 0 Å². The van der Waals surface area contributed by atoms with E-state index in [4.69, 9.17) is 16.7 Å². The summed E-state index contributed by atoms with van der Waals surface area (Å²) in [5.41, 5.74) is 0.376. The van der Waals surface area contributed by atoms with Crippen LogP contribution in [0.5, 0.6) is 0 Å². The van der Waals surface area contributed by atoms with E-state index in [2.05, 4.69) is 0 Å². The smallest absolute Gasteiger partial charge is 0.154 e. The molecule has 3 nitrogen and oxygen atoms in total. The summed E-state index contributed by atoms with van der Waals surface area (Å²) in [6.07, 6.45) is 0.196. The Morgan fingerprint density at radius 1 is 1.38 bits per heavy atom. The zero-order valence-electron chi connectivity index (χ0n) is 8.49. The monoisotopic (exact) mass is 266 g/mol. The SMILES string of the molecule is O=S(=O)(CCCO)Cc1ccc(F)cc1Cl. The molecule has 0 aromatic heterocycles. The number of benzene rings is 1. The van der Waals surface area contributed by atoms with Crippen LogP contribution in [0.4, 0.5) is 4.39 Å². The van der Waals surface area contributed by atoms with Crippen molar-refractivity contribution in [2.24, 2.45) is 0 Å². The first-order chi connectivity index (χ1) is 7.44. The van der Waals surface area contributed by atoms with Crippen LogP contribution in [0.25, 0.3) is 0 Å². The molecule has 1 aromatic rings. The van der Waals surface area contributed by atoms with Gasteiger partial charge in [-0.15, -0.1) is 0 Å². The third kappa shape index (κ3) is 4.08. The number of hydrogen-bond acceptors (Lipinski definition) is 3. The van der Waals surface area contributed by atoms with Gasteiger partial charge in [0, 0.05) is 11.6 Å². The zero-order chi connectivity index (χ0) is 12.2. The number of aliphatic hydroxyl groups excluding tert-OH is 1. The first-order valence-corrected chi connectivity index (χ1v) is 6.90. The average Bonchev–Trinajstić information content (AvgIpc) is 2.19. The van der Waals surface area contributed by atoms with Crippen molar-refractivity contribution in [1.82, 2.24) is 0 Å². The van der Waals surface area contributed by atoms with E-state index in [-0.39, 0.29) is 29.6 Å². The van der Waals surface area contributed by atoms with Crippen molar-refractivity contribution in [3.05, 3.63) is 34.6 Å². The molecule has 90 valence electrons. The van der Waals surface area contributed by atoms with E-state index < -0.39 is 15.7 Å². The largest absolute Gasteiger partial charge is 0.396 e. The van der Waals surface area contributed by atoms with Gasteiger partial charge in [0.05, 0.1) is 11.5 Å². The third-order valence-corrected chi connectivity index (χ3v) is 4.02. The minimum Gasteiger partial charge on any atom is -0.396 e. The van der Waals surface area contributed by atoms with E-state index >= 15 is 0 Å². The summed E-state index contributed by atoms with van der Waals surface area (Å²) in [5.74, 6) is -0.829. The van der Waals surface area contributed by atoms with Gasteiger partial charge in [-0.1, -0.05) is 17.7 Å². The van der Waals surface area contributed by atoms with Gasteiger partial charge in [-0.3, -0.25) is 0 Å². The number of halogens is 2. The predicted molar refractivity (Wildman–Crippen MR) is 60.6 cm³/mol. The fraction of sp³-hybridized carbons (Fsp3) is 0.400. The molecule has 0 bridgehead atoms. The van der Waals surface area contributed by atoms with Crippen LogP contribution >= 0.6 is 11.6 Å². The molecule has 16 heavy (non-hydrogen) atoms. The standard InChI is InChI=1S/C10H12ClFO3S/c11-10-6-9(12)3-2-8(10)7-16(14,15)5-1-4-13/h2-3,6,13H,1,4-5,7H2. The summed E-state index contributed by atoms with van der Waals surface area (Å²) in [5, 5.41) is 8.65. The molecule has 0 amide bonds. The molecule has 1 N–H and O–H groups in total. The highest BCUT2D eigenvalue weighted by molar-refractivity contribution is 7.90. The topological polar surface area (TPSA) is 54.4 Å². The van der Waals surface area contributed by atoms with Gasteiger partial charge in [0.25, 0.3) is 0 Å². The van der Waals surface area contributed by atoms with Crippen LogP contribution in [-0.4, -0.2) is 25.9 Å². The molecule has 0 heterocycles. The Hall–Kier alpha value is -0.650. The van der Waals surface area contributed by atoms with Crippen LogP contribution in [0, 0.1) is 5.82 Å². The van der Waals surface area contributed by atoms with Gasteiger partial charge < -0.3 is 5.11 Å². The Morgan fingerprint density at radius 2 is 2.06 bits per heavy atom.